The van der Waals surface area contributed by atoms with Crippen molar-refractivity contribution in [1.82, 2.24) is 0 Å². The van der Waals surface area contributed by atoms with Crippen LogP contribution in [0, 0.1) is 0 Å². The van der Waals surface area contributed by atoms with Gasteiger partial charge in [-0.1, -0.05) is 0 Å². The molecule has 0 aromatic carbocycles. The Morgan fingerprint density at radius 2 is 1.71 bits per heavy atom. The average Bonchev–Trinajstić information content (AvgIpc) is 2.20. The molecule has 0 N–H and O–H groups in total. The molecule has 86 valence electrons. The standard InChI is InChI=1S/C10H22O4/c1-4-12-9-10(2)14-8-7-13-6-5-11-3/h10H,4-9H2,1-3H3. The second-order valence-corrected chi connectivity index (χ2v) is 2.95. The predicted molar refractivity (Wildman–Crippen MR) is 54.6 cm³/mol. The van der Waals surface area contributed by atoms with Gasteiger partial charge in [0.1, 0.15) is 0 Å². The van der Waals surface area contributed by atoms with Crippen molar-refractivity contribution < 1.29 is 18.9 Å². The molecule has 0 aromatic heterocycles. The van der Waals surface area contributed by atoms with Gasteiger partial charge < -0.3 is 18.9 Å². The predicted octanol–water partition coefficient (Wildman–Crippen LogP) is 1.09. The Morgan fingerprint density at radius 1 is 1.00 bits per heavy atom. The lowest BCUT2D eigenvalue weighted by atomic mass is 10.4. The summed E-state index contributed by atoms with van der Waals surface area (Å²) >= 11 is 0. The van der Waals surface area contributed by atoms with Crippen LogP contribution in [0.4, 0.5) is 0 Å². The van der Waals surface area contributed by atoms with Gasteiger partial charge >= 0.3 is 0 Å². The molecule has 0 fully saturated rings. The van der Waals surface area contributed by atoms with Gasteiger partial charge in [0.05, 0.1) is 39.1 Å². The summed E-state index contributed by atoms with van der Waals surface area (Å²) in [6.45, 7) is 7.82. The van der Waals surface area contributed by atoms with Gasteiger partial charge in [-0.2, -0.15) is 0 Å². The second-order valence-electron chi connectivity index (χ2n) is 2.95. The first-order valence-corrected chi connectivity index (χ1v) is 5.07. The van der Waals surface area contributed by atoms with E-state index < -0.39 is 0 Å². The number of methoxy groups -OCH3 is 1. The van der Waals surface area contributed by atoms with Gasteiger partial charge in [0.15, 0.2) is 0 Å². The molecular formula is C10H22O4. The molecule has 0 aliphatic heterocycles. The highest BCUT2D eigenvalue weighted by Gasteiger charge is 2.00. The molecule has 4 heteroatoms. The normalized spacial score (nSPS) is 13.1. The van der Waals surface area contributed by atoms with Crippen molar-refractivity contribution in [3.8, 4) is 0 Å². The molecule has 0 radical (unpaired) electrons. The quantitative estimate of drug-likeness (QED) is 0.501. The molecule has 0 saturated carbocycles. The molecule has 0 aliphatic rings. The number of rotatable bonds is 10. The van der Waals surface area contributed by atoms with E-state index in [0.29, 0.717) is 33.0 Å². The van der Waals surface area contributed by atoms with E-state index >= 15 is 0 Å². The minimum Gasteiger partial charge on any atom is -0.382 e. The van der Waals surface area contributed by atoms with E-state index in [9.17, 15) is 0 Å². The summed E-state index contributed by atoms with van der Waals surface area (Å²) in [5, 5.41) is 0. The van der Waals surface area contributed by atoms with Crippen LogP contribution in [-0.2, 0) is 18.9 Å². The van der Waals surface area contributed by atoms with Crippen molar-refractivity contribution in [3.05, 3.63) is 0 Å². The van der Waals surface area contributed by atoms with Gasteiger partial charge in [0, 0.05) is 13.7 Å². The maximum atomic E-state index is 5.43. The van der Waals surface area contributed by atoms with Crippen molar-refractivity contribution >= 4 is 0 Å². The van der Waals surface area contributed by atoms with E-state index in [4.69, 9.17) is 18.9 Å². The van der Waals surface area contributed by atoms with Crippen LogP contribution in [0.3, 0.4) is 0 Å². The SMILES string of the molecule is CCOCC(C)OCCOCCOC. The van der Waals surface area contributed by atoms with E-state index in [1.54, 1.807) is 7.11 Å². The zero-order chi connectivity index (χ0) is 10.6. The van der Waals surface area contributed by atoms with Crippen LogP contribution in [0.15, 0.2) is 0 Å². The third-order valence-corrected chi connectivity index (χ3v) is 1.62. The Bertz CT molecular complexity index is 108. The Hall–Kier alpha value is -0.160. The number of hydrogen-bond donors (Lipinski definition) is 0. The van der Waals surface area contributed by atoms with Crippen molar-refractivity contribution in [2.75, 3.05) is 46.8 Å². The molecule has 14 heavy (non-hydrogen) atoms. The highest BCUT2D eigenvalue weighted by Crippen LogP contribution is 1.91. The smallest absolute Gasteiger partial charge is 0.0781 e. The molecule has 0 saturated heterocycles. The molecule has 0 aliphatic carbocycles. The summed E-state index contributed by atoms with van der Waals surface area (Å²) < 4.78 is 20.7. The Balaban J connectivity index is 3.02. The van der Waals surface area contributed by atoms with Crippen LogP contribution < -0.4 is 0 Å². The van der Waals surface area contributed by atoms with Crippen molar-refractivity contribution in [3.63, 3.8) is 0 Å². The fourth-order valence-corrected chi connectivity index (χ4v) is 0.884. The van der Waals surface area contributed by atoms with E-state index in [-0.39, 0.29) is 6.10 Å². The van der Waals surface area contributed by atoms with E-state index in [1.807, 2.05) is 13.8 Å². The third kappa shape index (κ3) is 9.92. The minimum atomic E-state index is 0.140. The number of hydrogen-bond acceptors (Lipinski definition) is 4. The lowest BCUT2D eigenvalue weighted by Gasteiger charge is -2.12. The molecular weight excluding hydrogens is 184 g/mol. The highest BCUT2D eigenvalue weighted by atomic mass is 16.6. The van der Waals surface area contributed by atoms with Gasteiger partial charge in [-0.15, -0.1) is 0 Å². The molecule has 0 heterocycles. The number of ether oxygens (including phenoxy) is 4. The van der Waals surface area contributed by atoms with Gasteiger partial charge in [-0.3, -0.25) is 0 Å². The topological polar surface area (TPSA) is 36.9 Å². The Kier molecular flexibility index (Phi) is 10.8. The molecule has 1 unspecified atom stereocenters. The van der Waals surface area contributed by atoms with Crippen LogP contribution >= 0.6 is 0 Å². The van der Waals surface area contributed by atoms with Crippen LogP contribution in [0.5, 0.6) is 0 Å². The third-order valence-electron chi connectivity index (χ3n) is 1.62. The zero-order valence-electron chi connectivity index (χ0n) is 9.45. The van der Waals surface area contributed by atoms with Crippen LogP contribution in [0.1, 0.15) is 13.8 Å². The van der Waals surface area contributed by atoms with Crippen LogP contribution in [-0.4, -0.2) is 52.9 Å². The zero-order valence-corrected chi connectivity index (χ0v) is 9.45. The summed E-state index contributed by atoms with van der Waals surface area (Å²) in [7, 11) is 1.66. The summed E-state index contributed by atoms with van der Waals surface area (Å²) in [5.41, 5.74) is 0. The first-order valence-electron chi connectivity index (χ1n) is 5.07. The average molecular weight is 206 g/mol. The van der Waals surface area contributed by atoms with Crippen molar-refractivity contribution in [1.29, 1.82) is 0 Å². The molecule has 0 spiro atoms. The Labute approximate surface area is 86.5 Å². The van der Waals surface area contributed by atoms with Gasteiger partial charge in [0.25, 0.3) is 0 Å². The molecule has 0 bridgehead atoms. The lowest BCUT2D eigenvalue weighted by molar-refractivity contribution is -0.0326. The molecule has 1 atom stereocenters. The highest BCUT2D eigenvalue weighted by molar-refractivity contribution is 4.46. The van der Waals surface area contributed by atoms with E-state index in [1.165, 1.54) is 0 Å². The van der Waals surface area contributed by atoms with E-state index in [2.05, 4.69) is 0 Å². The Morgan fingerprint density at radius 3 is 2.36 bits per heavy atom. The maximum Gasteiger partial charge on any atom is 0.0781 e. The van der Waals surface area contributed by atoms with Crippen molar-refractivity contribution in [2.45, 2.75) is 20.0 Å². The molecule has 0 aromatic rings. The largest absolute Gasteiger partial charge is 0.382 e. The summed E-state index contributed by atoms with van der Waals surface area (Å²) in [6.07, 6.45) is 0.140. The monoisotopic (exact) mass is 206 g/mol. The van der Waals surface area contributed by atoms with Crippen LogP contribution in [0.25, 0.3) is 0 Å². The molecule has 0 rings (SSSR count). The van der Waals surface area contributed by atoms with Crippen molar-refractivity contribution in [2.24, 2.45) is 0 Å². The maximum absolute atomic E-state index is 5.43. The summed E-state index contributed by atoms with van der Waals surface area (Å²) in [4.78, 5) is 0. The fourth-order valence-electron chi connectivity index (χ4n) is 0.884. The van der Waals surface area contributed by atoms with Gasteiger partial charge in [0.2, 0.25) is 0 Å². The van der Waals surface area contributed by atoms with E-state index in [0.717, 1.165) is 6.61 Å². The lowest BCUT2D eigenvalue weighted by Crippen LogP contribution is -2.19. The molecule has 4 nitrogen and oxygen atoms in total. The van der Waals surface area contributed by atoms with Gasteiger partial charge in [-0.05, 0) is 13.8 Å². The van der Waals surface area contributed by atoms with Gasteiger partial charge in [-0.25, -0.2) is 0 Å². The first kappa shape index (κ1) is 13.8. The first-order chi connectivity index (χ1) is 6.81. The van der Waals surface area contributed by atoms with Crippen LogP contribution in [0.2, 0.25) is 0 Å². The summed E-state index contributed by atoms with van der Waals surface area (Å²) in [6, 6.07) is 0. The summed E-state index contributed by atoms with van der Waals surface area (Å²) in [5.74, 6) is 0. The second kappa shape index (κ2) is 10.9. The molecule has 0 amide bonds. The minimum absolute atomic E-state index is 0.140. The fraction of sp³-hybridized carbons (Fsp3) is 1.00.